The maximum absolute atomic E-state index is 11.3. The van der Waals surface area contributed by atoms with Crippen LogP contribution >= 0.6 is 0 Å². The number of rotatable bonds is 7. The summed E-state index contributed by atoms with van der Waals surface area (Å²) < 4.78 is 0. The highest BCUT2D eigenvalue weighted by molar-refractivity contribution is 5.76. The Morgan fingerprint density at radius 3 is 2.53 bits per heavy atom. The van der Waals surface area contributed by atoms with E-state index in [1.807, 2.05) is 13.0 Å². The molecule has 0 radical (unpaired) electrons. The maximum atomic E-state index is 11.3. The fourth-order valence-corrected chi connectivity index (χ4v) is 2.21. The molecule has 1 aliphatic carbocycles. The van der Waals surface area contributed by atoms with Crippen molar-refractivity contribution < 1.29 is 4.92 Å². The van der Waals surface area contributed by atoms with Crippen LogP contribution in [0.5, 0.6) is 0 Å². The molecule has 2 atom stereocenters. The van der Waals surface area contributed by atoms with Crippen molar-refractivity contribution in [1.82, 2.24) is 0 Å². The molecule has 5 nitrogen and oxygen atoms in total. The topological polar surface area (TPSA) is 67.2 Å². The van der Waals surface area contributed by atoms with Crippen LogP contribution in [0.4, 0.5) is 17.1 Å². The van der Waals surface area contributed by atoms with E-state index in [-0.39, 0.29) is 10.6 Å². The minimum Gasteiger partial charge on any atom is -0.379 e. The van der Waals surface area contributed by atoms with Gasteiger partial charge in [0.15, 0.2) is 0 Å². The van der Waals surface area contributed by atoms with Crippen LogP contribution in [-0.4, -0.2) is 18.0 Å². The molecule has 5 heteroatoms. The Hall–Kier alpha value is -1.78. The molecule has 1 saturated carbocycles. The van der Waals surface area contributed by atoms with Gasteiger partial charge in [-0.1, -0.05) is 19.9 Å². The summed E-state index contributed by atoms with van der Waals surface area (Å²) in [6, 6.07) is 5.39. The number of nitrogens with one attached hydrogen (secondary N) is 2. The molecule has 1 aromatic carbocycles. The molecule has 0 aromatic heterocycles. The predicted octanol–water partition coefficient (Wildman–Crippen LogP) is 3.48. The van der Waals surface area contributed by atoms with E-state index in [0.717, 1.165) is 25.4 Å². The second-order valence-corrected chi connectivity index (χ2v) is 5.24. The second-order valence-electron chi connectivity index (χ2n) is 5.24. The van der Waals surface area contributed by atoms with Crippen LogP contribution < -0.4 is 10.6 Å². The number of nitro groups is 1. The molecule has 19 heavy (non-hydrogen) atoms. The monoisotopic (exact) mass is 263 g/mol. The van der Waals surface area contributed by atoms with Crippen molar-refractivity contribution in [2.45, 2.75) is 26.7 Å². The zero-order chi connectivity index (χ0) is 13.8. The minimum absolute atomic E-state index is 0.157. The Balaban J connectivity index is 2.13. The Labute approximate surface area is 113 Å². The lowest BCUT2D eigenvalue weighted by molar-refractivity contribution is -0.383. The SMILES string of the molecule is CCCNc1cccc(NCC2CC2C)c1[N+](=O)[O-]. The van der Waals surface area contributed by atoms with Crippen molar-refractivity contribution in [3.8, 4) is 0 Å². The van der Waals surface area contributed by atoms with Gasteiger partial charge >= 0.3 is 5.69 Å². The van der Waals surface area contributed by atoms with Gasteiger partial charge < -0.3 is 10.6 Å². The highest BCUT2D eigenvalue weighted by Crippen LogP contribution is 2.39. The molecule has 0 aliphatic heterocycles. The van der Waals surface area contributed by atoms with Crippen molar-refractivity contribution in [1.29, 1.82) is 0 Å². The number of benzene rings is 1. The van der Waals surface area contributed by atoms with Crippen LogP contribution in [0.25, 0.3) is 0 Å². The Bertz CT molecular complexity index is 462. The standard InChI is InChI=1S/C14H21N3O2/c1-3-7-15-12-5-4-6-13(14(12)17(18)19)16-9-11-8-10(11)2/h4-6,10-11,15-16H,3,7-9H2,1-2H3. The van der Waals surface area contributed by atoms with Gasteiger partial charge in [0.25, 0.3) is 0 Å². The average Bonchev–Trinajstić information content (AvgIpc) is 3.09. The summed E-state index contributed by atoms with van der Waals surface area (Å²) in [5.74, 6) is 1.40. The number of anilines is 2. The number of nitrogens with zero attached hydrogens (tertiary/aromatic N) is 1. The Morgan fingerprint density at radius 2 is 2.00 bits per heavy atom. The number of nitro benzene ring substituents is 1. The molecule has 104 valence electrons. The molecule has 1 aliphatic rings. The van der Waals surface area contributed by atoms with Crippen LogP contribution in [0, 0.1) is 22.0 Å². The predicted molar refractivity (Wildman–Crippen MR) is 77.6 cm³/mol. The number of hydrogen-bond acceptors (Lipinski definition) is 4. The lowest BCUT2D eigenvalue weighted by Gasteiger charge is -2.11. The summed E-state index contributed by atoms with van der Waals surface area (Å²) in [4.78, 5) is 10.9. The summed E-state index contributed by atoms with van der Waals surface area (Å²) in [6.07, 6.45) is 2.16. The average molecular weight is 263 g/mol. The van der Waals surface area contributed by atoms with E-state index in [1.54, 1.807) is 12.1 Å². The Kier molecular flexibility index (Phi) is 4.24. The van der Waals surface area contributed by atoms with Gasteiger partial charge in [-0.25, -0.2) is 0 Å². The van der Waals surface area contributed by atoms with E-state index in [4.69, 9.17) is 0 Å². The van der Waals surface area contributed by atoms with Crippen LogP contribution in [0.15, 0.2) is 18.2 Å². The summed E-state index contributed by atoms with van der Waals surface area (Å²) in [5.41, 5.74) is 1.37. The van der Waals surface area contributed by atoms with Gasteiger partial charge in [-0.3, -0.25) is 10.1 Å². The fraction of sp³-hybridized carbons (Fsp3) is 0.571. The first-order valence-electron chi connectivity index (χ1n) is 6.88. The van der Waals surface area contributed by atoms with Gasteiger partial charge in [-0.05, 0) is 36.8 Å². The third-order valence-corrected chi connectivity index (χ3v) is 3.61. The zero-order valence-electron chi connectivity index (χ0n) is 11.5. The quantitative estimate of drug-likeness (QED) is 0.583. The molecule has 0 saturated heterocycles. The minimum atomic E-state index is -0.309. The van der Waals surface area contributed by atoms with E-state index in [9.17, 15) is 10.1 Å². The first kappa shape index (κ1) is 13.6. The molecule has 1 fully saturated rings. The van der Waals surface area contributed by atoms with E-state index in [2.05, 4.69) is 17.6 Å². The third kappa shape index (κ3) is 3.36. The highest BCUT2D eigenvalue weighted by Gasteiger charge is 2.32. The van der Waals surface area contributed by atoms with Crippen molar-refractivity contribution in [2.24, 2.45) is 11.8 Å². The number of hydrogen-bond donors (Lipinski definition) is 2. The van der Waals surface area contributed by atoms with E-state index >= 15 is 0 Å². The molecule has 0 spiro atoms. The van der Waals surface area contributed by atoms with Crippen LogP contribution in [0.1, 0.15) is 26.7 Å². The lowest BCUT2D eigenvalue weighted by atomic mass is 10.2. The van der Waals surface area contributed by atoms with Crippen molar-refractivity contribution in [2.75, 3.05) is 23.7 Å². The van der Waals surface area contributed by atoms with Crippen molar-refractivity contribution >= 4 is 17.1 Å². The molecule has 0 heterocycles. The molecule has 2 unspecified atom stereocenters. The fourth-order valence-electron chi connectivity index (χ4n) is 2.21. The van der Waals surface area contributed by atoms with E-state index < -0.39 is 0 Å². The molecule has 2 rings (SSSR count). The summed E-state index contributed by atoms with van der Waals surface area (Å²) >= 11 is 0. The van der Waals surface area contributed by atoms with Crippen LogP contribution in [0.2, 0.25) is 0 Å². The summed E-state index contributed by atoms with van der Waals surface area (Å²) in [7, 11) is 0. The van der Waals surface area contributed by atoms with Gasteiger partial charge in [0.05, 0.1) is 4.92 Å². The van der Waals surface area contributed by atoms with Crippen LogP contribution in [0.3, 0.4) is 0 Å². The molecule has 1 aromatic rings. The van der Waals surface area contributed by atoms with Crippen molar-refractivity contribution in [3.05, 3.63) is 28.3 Å². The van der Waals surface area contributed by atoms with E-state index in [1.165, 1.54) is 6.42 Å². The molecular weight excluding hydrogens is 242 g/mol. The van der Waals surface area contributed by atoms with E-state index in [0.29, 0.717) is 17.3 Å². The summed E-state index contributed by atoms with van der Waals surface area (Å²) in [6.45, 7) is 5.80. The molecular formula is C14H21N3O2. The highest BCUT2D eigenvalue weighted by atomic mass is 16.6. The number of para-hydroxylation sites is 1. The molecule has 2 N–H and O–H groups in total. The zero-order valence-corrected chi connectivity index (χ0v) is 11.5. The third-order valence-electron chi connectivity index (χ3n) is 3.61. The normalized spacial score (nSPS) is 20.9. The molecule has 0 amide bonds. The van der Waals surface area contributed by atoms with Crippen LogP contribution in [-0.2, 0) is 0 Å². The maximum Gasteiger partial charge on any atom is 0.315 e. The van der Waals surface area contributed by atoms with Gasteiger partial charge in [0.2, 0.25) is 0 Å². The van der Waals surface area contributed by atoms with Crippen molar-refractivity contribution in [3.63, 3.8) is 0 Å². The Morgan fingerprint density at radius 1 is 1.37 bits per heavy atom. The van der Waals surface area contributed by atoms with Gasteiger partial charge in [-0.2, -0.15) is 0 Å². The lowest BCUT2D eigenvalue weighted by Crippen LogP contribution is -2.09. The second kappa shape index (κ2) is 5.91. The summed E-state index contributed by atoms with van der Waals surface area (Å²) in [5, 5.41) is 17.6. The molecule has 0 bridgehead atoms. The van der Waals surface area contributed by atoms with Gasteiger partial charge in [0, 0.05) is 13.1 Å². The first-order chi connectivity index (χ1) is 9.13. The van der Waals surface area contributed by atoms with Gasteiger partial charge in [0.1, 0.15) is 11.4 Å². The first-order valence-corrected chi connectivity index (χ1v) is 6.88. The smallest absolute Gasteiger partial charge is 0.315 e. The van der Waals surface area contributed by atoms with Gasteiger partial charge in [-0.15, -0.1) is 0 Å². The largest absolute Gasteiger partial charge is 0.379 e.